The number of benzene rings is 1. The SMILES string of the molecule is CC(C)(NC(=O)[C@@H]1CCc2c(-c3cccc(OC(F)F)c3)nn(C3CCOCC3)c2C1)c1ccc(C(F)(F)F)nc1. The second kappa shape index (κ2) is 11.4. The lowest BCUT2D eigenvalue weighted by atomic mass is 9.84. The van der Waals surface area contributed by atoms with Gasteiger partial charge in [-0.2, -0.15) is 27.1 Å². The van der Waals surface area contributed by atoms with Crippen molar-refractivity contribution in [2.75, 3.05) is 13.2 Å². The fraction of sp³-hybridized carbons (Fsp3) is 0.483. The number of amides is 1. The van der Waals surface area contributed by atoms with Crippen molar-refractivity contribution in [1.29, 1.82) is 0 Å². The Morgan fingerprint density at radius 1 is 1.12 bits per heavy atom. The topological polar surface area (TPSA) is 78.3 Å². The third-order valence-corrected chi connectivity index (χ3v) is 7.75. The van der Waals surface area contributed by atoms with E-state index in [1.54, 1.807) is 32.0 Å². The Labute approximate surface area is 234 Å². The van der Waals surface area contributed by atoms with Crippen LogP contribution in [-0.2, 0) is 34.1 Å². The minimum absolute atomic E-state index is 0.0416. The Balaban J connectivity index is 1.40. The summed E-state index contributed by atoms with van der Waals surface area (Å²) < 4.78 is 76.7. The summed E-state index contributed by atoms with van der Waals surface area (Å²) in [6, 6.07) is 8.76. The van der Waals surface area contributed by atoms with Crippen molar-refractivity contribution in [2.24, 2.45) is 5.92 Å². The van der Waals surface area contributed by atoms with Crippen molar-refractivity contribution in [1.82, 2.24) is 20.1 Å². The van der Waals surface area contributed by atoms with Crippen LogP contribution in [0.5, 0.6) is 5.75 Å². The molecule has 1 aliphatic carbocycles. The average molecular weight is 579 g/mol. The van der Waals surface area contributed by atoms with Gasteiger partial charge >= 0.3 is 12.8 Å². The minimum atomic E-state index is -4.55. The molecule has 0 unspecified atom stereocenters. The molecule has 1 atom stereocenters. The number of rotatable bonds is 7. The molecule has 12 heteroatoms. The van der Waals surface area contributed by atoms with Gasteiger partial charge in [0.05, 0.1) is 17.3 Å². The average Bonchev–Trinajstić information content (AvgIpc) is 3.32. The Morgan fingerprint density at radius 2 is 1.88 bits per heavy atom. The quantitative estimate of drug-likeness (QED) is 0.344. The number of pyridine rings is 1. The van der Waals surface area contributed by atoms with Crippen molar-refractivity contribution in [3.63, 3.8) is 0 Å². The number of fused-ring (bicyclic) bond motifs is 1. The van der Waals surface area contributed by atoms with E-state index in [1.807, 2.05) is 4.68 Å². The number of carbonyl (C=O) groups is 1. The third-order valence-electron chi connectivity index (χ3n) is 7.75. The van der Waals surface area contributed by atoms with E-state index in [2.05, 4.69) is 15.0 Å². The van der Waals surface area contributed by atoms with Crippen LogP contribution in [0, 0.1) is 5.92 Å². The molecule has 7 nitrogen and oxygen atoms in total. The molecule has 0 bridgehead atoms. The summed E-state index contributed by atoms with van der Waals surface area (Å²) in [6.07, 6.45) is -0.399. The number of nitrogens with one attached hydrogen (secondary N) is 1. The van der Waals surface area contributed by atoms with Gasteiger partial charge in [-0.15, -0.1) is 0 Å². The Bertz CT molecular complexity index is 1380. The van der Waals surface area contributed by atoms with E-state index < -0.39 is 24.0 Å². The van der Waals surface area contributed by atoms with Crippen LogP contribution in [-0.4, -0.2) is 40.5 Å². The second-order valence-electron chi connectivity index (χ2n) is 11.0. The summed E-state index contributed by atoms with van der Waals surface area (Å²) in [5.74, 6) is -0.560. The normalized spacial score (nSPS) is 18.3. The highest BCUT2D eigenvalue weighted by molar-refractivity contribution is 5.80. The lowest BCUT2D eigenvalue weighted by molar-refractivity contribution is -0.141. The number of nitrogens with zero attached hydrogens (tertiary/aromatic N) is 3. The zero-order chi connectivity index (χ0) is 29.4. The van der Waals surface area contributed by atoms with Gasteiger partial charge in [0.15, 0.2) is 0 Å². The molecular weight excluding hydrogens is 547 g/mol. The number of ether oxygens (including phenoxy) is 2. The van der Waals surface area contributed by atoms with Crippen molar-refractivity contribution in [3.8, 4) is 17.0 Å². The molecule has 1 amide bonds. The van der Waals surface area contributed by atoms with Crippen LogP contribution < -0.4 is 10.1 Å². The molecule has 2 aromatic heterocycles. The molecule has 1 aromatic carbocycles. The first-order valence-corrected chi connectivity index (χ1v) is 13.5. The number of aromatic nitrogens is 3. The minimum Gasteiger partial charge on any atom is -0.435 e. The molecule has 0 radical (unpaired) electrons. The first kappa shape index (κ1) is 29.0. The van der Waals surface area contributed by atoms with Crippen LogP contribution in [0.2, 0.25) is 0 Å². The summed E-state index contributed by atoms with van der Waals surface area (Å²) >= 11 is 0. The van der Waals surface area contributed by atoms with Gasteiger partial charge in [-0.3, -0.25) is 14.5 Å². The molecule has 3 heterocycles. The van der Waals surface area contributed by atoms with Gasteiger partial charge in [0, 0.05) is 48.6 Å². The molecule has 1 aliphatic heterocycles. The predicted octanol–water partition coefficient (Wildman–Crippen LogP) is 6.07. The molecule has 2 aliphatic rings. The van der Waals surface area contributed by atoms with E-state index in [9.17, 15) is 26.7 Å². The number of hydrogen-bond donors (Lipinski definition) is 1. The molecule has 1 saturated heterocycles. The molecule has 220 valence electrons. The Kier molecular flexibility index (Phi) is 8.04. The van der Waals surface area contributed by atoms with Crippen LogP contribution in [0.3, 0.4) is 0 Å². The first-order chi connectivity index (χ1) is 19.4. The van der Waals surface area contributed by atoms with Crippen LogP contribution >= 0.6 is 0 Å². The summed E-state index contributed by atoms with van der Waals surface area (Å²) in [5.41, 5.74) is 1.74. The van der Waals surface area contributed by atoms with E-state index in [1.165, 1.54) is 12.1 Å². The molecule has 3 aromatic rings. The summed E-state index contributed by atoms with van der Waals surface area (Å²) in [6.45, 7) is 1.68. The molecule has 1 fully saturated rings. The number of halogens is 5. The summed E-state index contributed by atoms with van der Waals surface area (Å²) in [5, 5.41) is 7.93. The Morgan fingerprint density at radius 3 is 2.54 bits per heavy atom. The van der Waals surface area contributed by atoms with Crippen molar-refractivity contribution in [2.45, 2.75) is 70.3 Å². The van der Waals surface area contributed by atoms with E-state index in [4.69, 9.17) is 9.84 Å². The van der Waals surface area contributed by atoms with Gasteiger partial charge < -0.3 is 14.8 Å². The first-order valence-electron chi connectivity index (χ1n) is 13.5. The standard InChI is InChI=1S/C29H31F5N4O3/c1-28(2,19-7-9-24(35-16-19)29(32,33)34)36-26(39)18-6-8-22-23(15-18)38(20-10-12-40-13-11-20)37-25(22)17-4-3-5-21(14-17)41-27(30)31/h3-5,7,9,14,16,18,20,27H,6,8,10-13,15H2,1-2H3,(H,36,39)/t18-/m1/s1. The van der Waals surface area contributed by atoms with Gasteiger partial charge in [0.1, 0.15) is 11.4 Å². The maximum Gasteiger partial charge on any atom is 0.433 e. The lowest BCUT2D eigenvalue weighted by Gasteiger charge is -2.31. The zero-order valence-corrected chi connectivity index (χ0v) is 22.7. The van der Waals surface area contributed by atoms with Crippen LogP contribution in [0.25, 0.3) is 11.3 Å². The maximum atomic E-state index is 13.5. The molecule has 5 rings (SSSR count). The van der Waals surface area contributed by atoms with Crippen molar-refractivity contribution < 1.29 is 36.2 Å². The van der Waals surface area contributed by atoms with Crippen molar-refractivity contribution >= 4 is 5.91 Å². The van der Waals surface area contributed by atoms with Gasteiger partial charge in [0.25, 0.3) is 0 Å². The monoisotopic (exact) mass is 578 g/mol. The highest BCUT2D eigenvalue weighted by atomic mass is 19.4. The molecule has 41 heavy (non-hydrogen) atoms. The van der Waals surface area contributed by atoms with Crippen molar-refractivity contribution in [3.05, 3.63) is 65.1 Å². The second-order valence-corrected chi connectivity index (χ2v) is 11.0. The highest BCUT2D eigenvalue weighted by Gasteiger charge is 2.36. The summed E-state index contributed by atoms with van der Waals surface area (Å²) in [7, 11) is 0. The van der Waals surface area contributed by atoms with Gasteiger partial charge in [-0.05, 0) is 63.3 Å². The van der Waals surface area contributed by atoms with Gasteiger partial charge in [-0.1, -0.05) is 18.2 Å². The van der Waals surface area contributed by atoms with Gasteiger partial charge in [-0.25, -0.2) is 0 Å². The highest BCUT2D eigenvalue weighted by Crippen LogP contribution is 2.38. The molecule has 0 spiro atoms. The van der Waals surface area contributed by atoms with Crippen LogP contribution in [0.15, 0.2) is 42.6 Å². The maximum absolute atomic E-state index is 13.5. The van der Waals surface area contributed by atoms with Gasteiger partial charge in [0.2, 0.25) is 5.91 Å². The smallest absolute Gasteiger partial charge is 0.433 e. The van der Waals surface area contributed by atoms with E-state index >= 15 is 0 Å². The number of carbonyl (C=O) groups excluding carboxylic acids is 1. The van der Waals surface area contributed by atoms with E-state index in [0.29, 0.717) is 49.3 Å². The van der Waals surface area contributed by atoms with Crippen LogP contribution in [0.1, 0.15) is 61.7 Å². The molecular formula is C29H31F5N4O3. The van der Waals surface area contributed by atoms with Crippen LogP contribution in [0.4, 0.5) is 22.0 Å². The largest absolute Gasteiger partial charge is 0.435 e. The number of hydrogen-bond acceptors (Lipinski definition) is 5. The Hall–Kier alpha value is -3.54. The summed E-state index contributed by atoms with van der Waals surface area (Å²) in [4.78, 5) is 17.0. The van der Waals surface area contributed by atoms with E-state index in [-0.39, 0.29) is 23.6 Å². The fourth-order valence-corrected chi connectivity index (χ4v) is 5.56. The molecule has 0 saturated carbocycles. The fourth-order valence-electron chi connectivity index (χ4n) is 5.56. The number of alkyl halides is 5. The lowest BCUT2D eigenvalue weighted by Crippen LogP contribution is -2.45. The third kappa shape index (κ3) is 6.37. The predicted molar refractivity (Wildman–Crippen MR) is 139 cm³/mol. The molecule has 1 N–H and O–H groups in total. The van der Waals surface area contributed by atoms with E-state index in [0.717, 1.165) is 36.4 Å². The zero-order valence-electron chi connectivity index (χ0n) is 22.7.